The maximum absolute atomic E-state index is 14.1. The van der Waals surface area contributed by atoms with E-state index in [-0.39, 0.29) is 23.9 Å². The van der Waals surface area contributed by atoms with Crippen molar-refractivity contribution in [2.24, 2.45) is 5.92 Å². The van der Waals surface area contributed by atoms with Gasteiger partial charge in [0.25, 0.3) is 0 Å². The van der Waals surface area contributed by atoms with Crippen LogP contribution in [0.15, 0.2) is 71.2 Å². The number of hydrogen-bond donors (Lipinski definition) is 2. The fourth-order valence-corrected chi connectivity index (χ4v) is 5.67. The average molecular weight is 601 g/mol. The van der Waals surface area contributed by atoms with Gasteiger partial charge in [-0.15, -0.1) is 0 Å². The molecule has 0 bridgehead atoms. The summed E-state index contributed by atoms with van der Waals surface area (Å²) in [6, 6.07) is 17.8. The zero-order valence-electron chi connectivity index (χ0n) is 21.9. The van der Waals surface area contributed by atoms with Crippen LogP contribution in [0.3, 0.4) is 0 Å². The third-order valence-corrected chi connectivity index (χ3v) is 8.13. The summed E-state index contributed by atoms with van der Waals surface area (Å²) in [4.78, 5) is 41.4. The van der Waals surface area contributed by atoms with Gasteiger partial charge in [0.15, 0.2) is 11.6 Å². The minimum absolute atomic E-state index is 0.104. The Balaban J connectivity index is 1.61. The fraction of sp³-hybridized carbons (Fsp3) is 0.433. The van der Waals surface area contributed by atoms with Crippen molar-refractivity contribution in [1.29, 1.82) is 0 Å². The Morgan fingerprint density at radius 3 is 2.33 bits per heavy atom. The van der Waals surface area contributed by atoms with Crippen LogP contribution in [0.4, 0.5) is 4.79 Å². The molecular weight excluding hydrogens is 566 g/mol. The number of benzene rings is 2. The van der Waals surface area contributed by atoms with Gasteiger partial charge in [-0.1, -0.05) is 73.5 Å². The average Bonchev–Trinajstić information content (AvgIpc) is 3.24. The molecule has 0 spiro atoms. The third-order valence-electron chi connectivity index (χ3n) is 7.28. The van der Waals surface area contributed by atoms with Crippen molar-refractivity contribution in [3.8, 4) is 0 Å². The number of aliphatic hydroxyl groups excluding tert-OH is 1. The molecule has 9 heteroatoms. The van der Waals surface area contributed by atoms with Gasteiger partial charge in [0.2, 0.25) is 5.91 Å². The van der Waals surface area contributed by atoms with Crippen LogP contribution < -0.4 is 0 Å². The van der Waals surface area contributed by atoms with E-state index in [4.69, 9.17) is 14.6 Å². The van der Waals surface area contributed by atoms with Crippen LogP contribution in [0.25, 0.3) is 0 Å². The van der Waals surface area contributed by atoms with Crippen molar-refractivity contribution in [3.05, 3.63) is 82.3 Å². The van der Waals surface area contributed by atoms with Crippen molar-refractivity contribution >= 4 is 33.7 Å². The van der Waals surface area contributed by atoms with Crippen LogP contribution in [-0.4, -0.2) is 57.4 Å². The van der Waals surface area contributed by atoms with Gasteiger partial charge in [0.05, 0.1) is 16.4 Å². The van der Waals surface area contributed by atoms with E-state index < -0.39 is 47.7 Å². The van der Waals surface area contributed by atoms with Crippen molar-refractivity contribution in [1.82, 2.24) is 4.90 Å². The first-order valence-electron chi connectivity index (χ1n) is 13.3. The Kier molecular flexibility index (Phi) is 9.71. The second-order valence-corrected chi connectivity index (χ2v) is 10.9. The summed E-state index contributed by atoms with van der Waals surface area (Å²) < 4.78 is 11.8. The number of hydrogen-bond acceptors (Lipinski definition) is 7. The zero-order valence-corrected chi connectivity index (χ0v) is 23.5. The van der Waals surface area contributed by atoms with Gasteiger partial charge in [-0.25, -0.2) is 9.69 Å². The number of cyclic esters (lactones) is 1. The van der Waals surface area contributed by atoms with Crippen LogP contribution in [0.1, 0.15) is 56.3 Å². The maximum Gasteiger partial charge on any atom is 0.417 e. The van der Waals surface area contributed by atoms with Gasteiger partial charge >= 0.3 is 6.09 Å². The molecule has 2 aromatic rings. The quantitative estimate of drug-likeness (QED) is 0.355. The second kappa shape index (κ2) is 13.0. The number of amides is 2. The Hall–Kier alpha value is -2.85. The standard InChI is InChI=1S/C30H34BrNO7/c1-20-26(22-14-8-5-9-15-22)38-29(36)32(20)28(35)23(18-21-12-6-4-7-13-21)27-24(34)19-25(31)30(37,39-27)16-10-2-3-11-17-33/h4-9,12-15,19-20,23,26-27,33,37H,2-3,10-11,16-18H2,1H3/t20-,23-,26-,27-,30+/m0/s1. The van der Waals surface area contributed by atoms with E-state index in [1.807, 2.05) is 60.7 Å². The topological polar surface area (TPSA) is 113 Å². The summed E-state index contributed by atoms with van der Waals surface area (Å²) in [7, 11) is 0. The lowest BCUT2D eigenvalue weighted by atomic mass is 9.87. The van der Waals surface area contributed by atoms with E-state index in [0.717, 1.165) is 28.9 Å². The van der Waals surface area contributed by atoms with Gasteiger partial charge in [-0.2, -0.15) is 0 Å². The molecule has 0 aromatic heterocycles. The minimum Gasteiger partial charge on any atom is -0.439 e. The summed E-state index contributed by atoms with van der Waals surface area (Å²) >= 11 is 3.29. The lowest BCUT2D eigenvalue weighted by Crippen LogP contribution is -2.53. The zero-order chi connectivity index (χ0) is 28.0. The van der Waals surface area contributed by atoms with Crippen LogP contribution in [0.5, 0.6) is 0 Å². The molecular formula is C30H34BrNO7. The minimum atomic E-state index is -1.79. The molecule has 0 radical (unpaired) electrons. The van der Waals surface area contributed by atoms with Crippen molar-refractivity contribution in [2.45, 2.75) is 69.5 Å². The monoisotopic (exact) mass is 599 g/mol. The highest BCUT2D eigenvalue weighted by Crippen LogP contribution is 2.39. The molecule has 2 amide bonds. The van der Waals surface area contributed by atoms with Crippen molar-refractivity contribution in [3.63, 3.8) is 0 Å². The molecule has 2 N–H and O–H groups in total. The second-order valence-electron chi connectivity index (χ2n) is 10.1. The molecule has 0 unspecified atom stereocenters. The highest BCUT2D eigenvalue weighted by atomic mass is 79.9. The lowest BCUT2D eigenvalue weighted by Gasteiger charge is -2.38. The fourth-order valence-electron chi connectivity index (χ4n) is 5.15. The van der Waals surface area contributed by atoms with Crippen LogP contribution in [-0.2, 0) is 25.5 Å². The molecule has 8 nitrogen and oxygen atoms in total. The molecule has 0 aliphatic carbocycles. The number of ketones is 1. The summed E-state index contributed by atoms with van der Waals surface area (Å²) in [6.07, 6.45) is 1.67. The first-order valence-corrected chi connectivity index (χ1v) is 14.1. The SMILES string of the molecule is C[C@H]1[C@@H](c2ccccc2)OC(=O)N1C(=O)[C@@H](Cc1ccccc1)[C@@H]1O[C@](O)(CCCCCCO)C(Br)=CC1=O. The molecule has 1 fully saturated rings. The van der Waals surface area contributed by atoms with Crippen LogP contribution in [0, 0.1) is 5.92 Å². The molecule has 4 rings (SSSR count). The lowest BCUT2D eigenvalue weighted by molar-refractivity contribution is -0.218. The molecule has 2 heterocycles. The number of ether oxygens (including phenoxy) is 2. The smallest absolute Gasteiger partial charge is 0.417 e. The van der Waals surface area contributed by atoms with Crippen molar-refractivity contribution in [2.75, 3.05) is 6.61 Å². The number of imide groups is 1. The van der Waals surface area contributed by atoms with Gasteiger partial charge < -0.3 is 19.7 Å². The van der Waals surface area contributed by atoms with E-state index in [9.17, 15) is 19.5 Å². The molecule has 2 aliphatic rings. The largest absolute Gasteiger partial charge is 0.439 e. The molecule has 208 valence electrons. The first-order chi connectivity index (χ1) is 18.7. The predicted molar refractivity (Wildman–Crippen MR) is 148 cm³/mol. The summed E-state index contributed by atoms with van der Waals surface area (Å²) in [5.41, 5.74) is 1.55. The normalized spacial score (nSPS) is 25.8. The van der Waals surface area contributed by atoms with Crippen LogP contribution in [0.2, 0.25) is 0 Å². The van der Waals surface area contributed by atoms with E-state index in [1.165, 1.54) is 6.08 Å². The first kappa shape index (κ1) is 29.1. The number of unbranched alkanes of at least 4 members (excludes halogenated alkanes) is 3. The Morgan fingerprint density at radius 1 is 1.03 bits per heavy atom. The maximum atomic E-state index is 14.1. The number of carbonyl (C=O) groups is 3. The van der Waals surface area contributed by atoms with Crippen LogP contribution >= 0.6 is 15.9 Å². The Labute approximate surface area is 236 Å². The summed E-state index contributed by atoms with van der Waals surface area (Å²) in [5.74, 6) is -3.94. The molecule has 39 heavy (non-hydrogen) atoms. The van der Waals surface area contributed by atoms with Gasteiger partial charge in [0.1, 0.15) is 12.2 Å². The number of aliphatic hydroxyl groups is 2. The number of halogens is 1. The molecule has 0 saturated carbocycles. The third kappa shape index (κ3) is 6.66. The van der Waals surface area contributed by atoms with Gasteiger partial charge in [0, 0.05) is 13.0 Å². The van der Waals surface area contributed by atoms with Crippen molar-refractivity contribution < 1.29 is 34.1 Å². The molecule has 2 aliphatic heterocycles. The highest BCUT2D eigenvalue weighted by Gasteiger charge is 2.51. The van der Waals surface area contributed by atoms with E-state index >= 15 is 0 Å². The predicted octanol–water partition coefficient (Wildman–Crippen LogP) is 4.83. The number of rotatable bonds is 11. The van der Waals surface area contributed by atoms with E-state index in [1.54, 1.807) is 6.92 Å². The number of nitrogens with zero attached hydrogens (tertiary/aromatic N) is 1. The van der Waals surface area contributed by atoms with E-state index in [2.05, 4.69) is 15.9 Å². The molecule has 5 atom stereocenters. The van der Waals surface area contributed by atoms with Gasteiger partial charge in [-0.3, -0.25) is 9.59 Å². The number of carbonyl (C=O) groups excluding carboxylic acids is 3. The van der Waals surface area contributed by atoms with Gasteiger partial charge in [-0.05, 0) is 59.3 Å². The Morgan fingerprint density at radius 2 is 1.67 bits per heavy atom. The Bertz CT molecular complexity index is 1190. The summed E-state index contributed by atoms with van der Waals surface area (Å²) in [6.45, 7) is 1.84. The summed E-state index contributed by atoms with van der Waals surface area (Å²) in [5, 5.41) is 20.4. The van der Waals surface area contributed by atoms with E-state index in [0.29, 0.717) is 12.8 Å². The molecule has 1 saturated heterocycles. The highest BCUT2D eigenvalue weighted by molar-refractivity contribution is 9.11. The molecule has 2 aromatic carbocycles.